The van der Waals surface area contributed by atoms with E-state index in [1.165, 1.54) is 8.99 Å². The van der Waals surface area contributed by atoms with E-state index in [0.29, 0.717) is 18.8 Å². The van der Waals surface area contributed by atoms with Gasteiger partial charge < -0.3 is 10.6 Å². The highest BCUT2D eigenvalue weighted by Gasteiger charge is 2.28. The molecular formula is C10H21N5O2S. The predicted molar refractivity (Wildman–Crippen MR) is 70.7 cm³/mol. The molecule has 0 unspecified atom stereocenters. The van der Waals surface area contributed by atoms with E-state index < -0.39 is 10.0 Å². The van der Waals surface area contributed by atoms with Crippen molar-refractivity contribution in [3.8, 4) is 0 Å². The van der Waals surface area contributed by atoms with Gasteiger partial charge in [0.05, 0.1) is 5.69 Å². The van der Waals surface area contributed by atoms with Crippen molar-refractivity contribution in [3.63, 3.8) is 0 Å². The van der Waals surface area contributed by atoms with Gasteiger partial charge in [-0.1, -0.05) is 0 Å². The number of likely N-dealkylation sites (N-methyl/N-ethyl adjacent to an activating group) is 2. The lowest BCUT2D eigenvalue weighted by Crippen LogP contribution is -2.34. The van der Waals surface area contributed by atoms with Gasteiger partial charge in [0, 0.05) is 27.2 Å². The van der Waals surface area contributed by atoms with Gasteiger partial charge in [-0.2, -0.15) is 9.40 Å². The number of nitrogens with zero attached hydrogens (tertiary/aromatic N) is 4. The zero-order valence-corrected chi connectivity index (χ0v) is 12.3. The smallest absolute Gasteiger partial charge is 0.248 e. The lowest BCUT2D eigenvalue weighted by atomic mass is 10.5. The summed E-state index contributed by atoms with van der Waals surface area (Å²) < 4.78 is 27.5. The van der Waals surface area contributed by atoms with Gasteiger partial charge in [0.1, 0.15) is 4.90 Å². The minimum absolute atomic E-state index is 0.0479. The van der Waals surface area contributed by atoms with Gasteiger partial charge in [0.2, 0.25) is 10.0 Å². The quantitative estimate of drug-likeness (QED) is 0.782. The summed E-state index contributed by atoms with van der Waals surface area (Å²) in [6.07, 6.45) is 0. The summed E-state index contributed by atoms with van der Waals surface area (Å²) in [5, 5.41) is 3.93. The summed E-state index contributed by atoms with van der Waals surface area (Å²) in [5.74, 6) is 0.0479. The molecule has 0 aliphatic heterocycles. The maximum atomic E-state index is 12.4. The molecule has 1 rings (SSSR count). The number of aromatic nitrogens is 2. The molecule has 0 aromatic carbocycles. The number of hydrogen-bond donors (Lipinski definition) is 1. The standard InChI is InChI=1S/C10H21N5O2S/c1-8-9(10(11)12-15(8)5)18(16,17)14(4)7-6-13(2)3/h6-7H2,1-5H3,(H2,11,12). The highest BCUT2D eigenvalue weighted by atomic mass is 32.2. The van der Waals surface area contributed by atoms with Gasteiger partial charge in [-0.3, -0.25) is 4.68 Å². The first-order valence-corrected chi connectivity index (χ1v) is 7.02. The fourth-order valence-electron chi connectivity index (χ4n) is 1.55. The Balaban J connectivity index is 3.06. The fraction of sp³-hybridized carbons (Fsp3) is 0.700. The Morgan fingerprint density at radius 2 is 1.83 bits per heavy atom. The zero-order valence-electron chi connectivity index (χ0n) is 11.5. The Bertz CT molecular complexity index is 521. The van der Waals surface area contributed by atoms with E-state index in [9.17, 15) is 8.42 Å². The van der Waals surface area contributed by atoms with Gasteiger partial charge in [-0.05, 0) is 21.0 Å². The van der Waals surface area contributed by atoms with Crippen molar-refractivity contribution in [1.82, 2.24) is 19.0 Å². The Morgan fingerprint density at radius 3 is 2.22 bits per heavy atom. The zero-order chi connectivity index (χ0) is 14.1. The summed E-state index contributed by atoms with van der Waals surface area (Å²) in [4.78, 5) is 2.03. The van der Waals surface area contributed by atoms with E-state index in [2.05, 4.69) is 5.10 Å². The second-order valence-corrected chi connectivity index (χ2v) is 6.53. The molecule has 0 aliphatic rings. The molecule has 0 fully saturated rings. The largest absolute Gasteiger partial charge is 0.381 e. The molecule has 18 heavy (non-hydrogen) atoms. The van der Waals surface area contributed by atoms with Crippen LogP contribution in [0.25, 0.3) is 0 Å². The van der Waals surface area contributed by atoms with E-state index in [0.717, 1.165) is 0 Å². The van der Waals surface area contributed by atoms with Crippen LogP contribution >= 0.6 is 0 Å². The molecule has 0 spiro atoms. The summed E-state index contributed by atoms with van der Waals surface area (Å²) in [7, 11) is 3.43. The van der Waals surface area contributed by atoms with Crippen LogP contribution in [0.4, 0.5) is 5.82 Å². The lowest BCUT2D eigenvalue weighted by molar-refractivity contribution is 0.358. The fourth-order valence-corrected chi connectivity index (χ4v) is 2.99. The van der Waals surface area contributed by atoms with Crippen molar-refractivity contribution in [3.05, 3.63) is 5.69 Å². The molecule has 104 valence electrons. The third-order valence-corrected chi connectivity index (χ3v) is 4.86. The van der Waals surface area contributed by atoms with Gasteiger partial charge in [0.25, 0.3) is 0 Å². The average Bonchev–Trinajstić information content (AvgIpc) is 2.49. The molecule has 0 atom stereocenters. The second kappa shape index (κ2) is 5.25. The molecule has 0 amide bonds. The third kappa shape index (κ3) is 2.82. The molecule has 1 heterocycles. The Labute approximate surface area is 108 Å². The second-order valence-electron chi connectivity index (χ2n) is 4.55. The van der Waals surface area contributed by atoms with Crippen LogP contribution in [0.2, 0.25) is 0 Å². The highest BCUT2D eigenvalue weighted by Crippen LogP contribution is 2.24. The maximum absolute atomic E-state index is 12.4. The molecule has 0 saturated heterocycles. The third-order valence-electron chi connectivity index (χ3n) is 2.83. The number of nitrogen functional groups attached to an aromatic ring is 1. The topological polar surface area (TPSA) is 84.5 Å². The molecule has 0 saturated carbocycles. The van der Waals surface area contributed by atoms with Crippen molar-refractivity contribution in [2.75, 3.05) is 40.0 Å². The first kappa shape index (κ1) is 14.9. The van der Waals surface area contributed by atoms with Gasteiger partial charge in [0.15, 0.2) is 5.82 Å². The summed E-state index contributed by atoms with van der Waals surface area (Å²) >= 11 is 0. The van der Waals surface area contributed by atoms with Crippen LogP contribution in [-0.2, 0) is 17.1 Å². The minimum Gasteiger partial charge on any atom is -0.381 e. The Hall–Kier alpha value is -1.12. The number of aryl methyl sites for hydroxylation is 1. The van der Waals surface area contributed by atoms with E-state index in [1.807, 2.05) is 19.0 Å². The SMILES string of the molecule is Cc1c(S(=O)(=O)N(C)CCN(C)C)c(N)nn1C. The van der Waals surface area contributed by atoms with Crippen LogP contribution < -0.4 is 5.73 Å². The minimum atomic E-state index is -3.58. The van der Waals surface area contributed by atoms with Crippen LogP contribution in [0.15, 0.2) is 4.90 Å². The van der Waals surface area contributed by atoms with Crippen molar-refractivity contribution >= 4 is 15.8 Å². The first-order valence-electron chi connectivity index (χ1n) is 5.58. The van der Waals surface area contributed by atoms with Crippen LogP contribution in [0, 0.1) is 6.92 Å². The molecule has 0 bridgehead atoms. The molecule has 7 nitrogen and oxygen atoms in total. The van der Waals surface area contributed by atoms with Crippen molar-refractivity contribution < 1.29 is 8.42 Å². The number of sulfonamides is 1. The molecule has 8 heteroatoms. The maximum Gasteiger partial charge on any atom is 0.248 e. The van der Waals surface area contributed by atoms with Crippen LogP contribution in [0.5, 0.6) is 0 Å². The number of hydrogen-bond acceptors (Lipinski definition) is 5. The predicted octanol–water partition coefficient (Wildman–Crippen LogP) is -0.507. The van der Waals surface area contributed by atoms with Crippen LogP contribution in [-0.4, -0.2) is 61.6 Å². The van der Waals surface area contributed by atoms with Crippen molar-refractivity contribution in [2.24, 2.45) is 7.05 Å². The summed E-state index contributed by atoms with van der Waals surface area (Å²) in [6.45, 7) is 2.74. The van der Waals surface area contributed by atoms with E-state index in [-0.39, 0.29) is 10.7 Å². The van der Waals surface area contributed by atoms with E-state index >= 15 is 0 Å². The van der Waals surface area contributed by atoms with Crippen molar-refractivity contribution in [2.45, 2.75) is 11.8 Å². The van der Waals surface area contributed by atoms with Crippen molar-refractivity contribution in [1.29, 1.82) is 0 Å². The Kier molecular flexibility index (Phi) is 4.36. The first-order chi connectivity index (χ1) is 8.17. The Morgan fingerprint density at radius 1 is 1.28 bits per heavy atom. The number of anilines is 1. The highest BCUT2D eigenvalue weighted by molar-refractivity contribution is 7.89. The van der Waals surface area contributed by atoms with Crippen LogP contribution in [0.3, 0.4) is 0 Å². The summed E-state index contributed by atoms with van der Waals surface area (Å²) in [6, 6.07) is 0. The van der Waals surface area contributed by atoms with Gasteiger partial charge >= 0.3 is 0 Å². The van der Waals surface area contributed by atoms with E-state index in [4.69, 9.17) is 5.73 Å². The number of nitrogens with two attached hydrogens (primary N) is 1. The molecule has 1 aromatic rings. The lowest BCUT2D eigenvalue weighted by Gasteiger charge is -2.19. The normalized spacial score (nSPS) is 12.6. The average molecular weight is 275 g/mol. The summed E-state index contributed by atoms with van der Waals surface area (Å²) in [5.41, 5.74) is 6.22. The molecule has 1 aromatic heterocycles. The molecule has 0 aliphatic carbocycles. The van der Waals surface area contributed by atoms with E-state index in [1.54, 1.807) is 21.0 Å². The molecule has 0 radical (unpaired) electrons. The monoisotopic (exact) mass is 275 g/mol. The molecular weight excluding hydrogens is 254 g/mol. The van der Waals surface area contributed by atoms with Crippen LogP contribution in [0.1, 0.15) is 5.69 Å². The van der Waals surface area contributed by atoms with Gasteiger partial charge in [-0.15, -0.1) is 0 Å². The van der Waals surface area contributed by atoms with Gasteiger partial charge in [-0.25, -0.2) is 8.42 Å². The molecule has 2 N–H and O–H groups in total. The number of rotatable bonds is 5.